The van der Waals surface area contributed by atoms with Gasteiger partial charge in [0.1, 0.15) is 12.2 Å². The molecule has 0 saturated carbocycles. The maximum atomic E-state index is 12.5. The number of likely N-dealkylation sites (tertiary alicyclic amines) is 1. The highest BCUT2D eigenvalue weighted by Gasteiger charge is 2.17. The Hall–Kier alpha value is -2.60. The van der Waals surface area contributed by atoms with Crippen molar-refractivity contribution in [2.45, 2.75) is 194 Å². The molecule has 1 aliphatic heterocycles. The minimum atomic E-state index is -0.372. The molecule has 2 N–H and O–H groups in total. The van der Waals surface area contributed by atoms with E-state index in [4.69, 9.17) is 18.9 Å². The van der Waals surface area contributed by atoms with E-state index in [1.807, 2.05) is 0 Å². The first-order chi connectivity index (χ1) is 27.3. The van der Waals surface area contributed by atoms with Gasteiger partial charge in [0, 0.05) is 39.3 Å². The van der Waals surface area contributed by atoms with E-state index in [2.05, 4.69) is 48.1 Å². The molecule has 12 nitrogen and oxygen atoms in total. The van der Waals surface area contributed by atoms with E-state index in [0.717, 1.165) is 64.7 Å². The molecule has 2 unspecified atom stereocenters. The van der Waals surface area contributed by atoms with Crippen molar-refractivity contribution in [3.63, 3.8) is 0 Å². The van der Waals surface area contributed by atoms with E-state index in [1.54, 1.807) is 0 Å². The summed E-state index contributed by atoms with van der Waals surface area (Å²) < 4.78 is 22.1. The van der Waals surface area contributed by atoms with E-state index >= 15 is 0 Å². The SMILES string of the molecule is CCCCCCCCC(CC)OC(=O)NCCCCOC(=O)CCN(CCC(=O)OCCCCNC(=O)OC(CC)CCCCCCCC)CCN1CCCC1. The third-order valence-corrected chi connectivity index (χ3v) is 10.6. The van der Waals surface area contributed by atoms with Crippen LogP contribution in [-0.4, -0.2) is 112 Å². The van der Waals surface area contributed by atoms with Crippen molar-refractivity contribution < 1.29 is 38.1 Å². The number of rotatable bonds is 37. The van der Waals surface area contributed by atoms with Gasteiger partial charge in [-0.25, -0.2) is 9.59 Å². The Morgan fingerprint density at radius 1 is 0.554 bits per heavy atom. The predicted molar refractivity (Wildman–Crippen MR) is 225 cm³/mol. The van der Waals surface area contributed by atoms with Gasteiger partial charge in [0.05, 0.1) is 26.1 Å². The Balaban J connectivity index is 2.22. The molecule has 0 bridgehead atoms. The second-order valence-corrected chi connectivity index (χ2v) is 15.6. The van der Waals surface area contributed by atoms with Crippen molar-refractivity contribution >= 4 is 24.1 Å². The molecule has 2 atom stereocenters. The fraction of sp³-hybridized carbons (Fsp3) is 0.909. The van der Waals surface area contributed by atoms with Gasteiger partial charge in [-0.05, 0) is 90.1 Å². The van der Waals surface area contributed by atoms with Gasteiger partial charge in [-0.15, -0.1) is 0 Å². The Bertz CT molecular complexity index is 915. The summed E-state index contributed by atoms with van der Waals surface area (Å²) >= 11 is 0. The standard InChI is InChI=1S/C44H84N4O8/c1-5-9-11-13-15-17-25-39(7-3)55-43(51)45-29-19-23-37-53-41(49)27-33-48(36-35-47-31-21-22-32-47)34-28-42(50)54-38-24-20-30-46-44(52)56-40(8-4)26-18-16-14-12-10-6-2/h39-40H,5-38H2,1-4H3,(H,45,51)(H,46,52). The zero-order valence-corrected chi connectivity index (χ0v) is 36.4. The van der Waals surface area contributed by atoms with Crippen LogP contribution in [0.5, 0.6) is 0 Å². The number of unbranched alkanes of at least 4 members (excludes halogenated alkanes) is 12. The highest BCUT2D eigenvalue weighted by molar-refractivity contribution is 5.70. The first kappa shape index (κ1) is 51.4. The van der Waals surface area contributed by atoms with Crippen molar-refractivity contribution in [1.29, 1.82) is 0 Å². The second-order valence-electron chi connectivity index (χ2n) is 15.6. The fourth-order valence-electron chi connectivity index (χ4n) is 6.86. The topological polar surface area (TPSA) is 136 Å². The van der Waals surface area contributed by atoms with Gasteiger partial charge in [0.15, 0.2) is 0 Å². The number of alkyl carbamates (subject to hydrolysis) is 2. The molecule has 1 saturated heterocycles. The first-order valence-electron chi connectivity index (χ1n) is 23.0. The molecule has 0 aromatic carbocycles. The summed E-state index contributed by atoms with van der Waals surface area (Å²) in [5, 5.41) is 5.66. The van der Waals surface area contributed by atoms with Gasteiger partial charge in [-0.3, -0.25) is 9.59 Å². The second kappa shape index (κ2) is 36.7. The fourth-order valence-corrected chi connectivity index (χ4v) is 6.86. The van der Waals surface area contributed by atoms with Gasteiger partial charge in [-0.2, -0.15) is 0 Å². The van der Waals surface area contributed by atoms with Crippen molar-refractivity contribution in [2.24, 2.45) is 0 Å². The van der Waals surface area contributed by atoms with Crippen LogP contribution in [0.1, 0.15) is 182 Å². The number of esters is 2. The molecule has 12 heteroatoms. The molecule has 0 radical (unpaired) electrons. The lowest BCUT2D eigenvalue weighted by Crippen LogP contribution is -2.36. The van der Waals surface area contributed by atoms with E-state index in [-0.39, 0.29) is 49.2 Å². The van der Waals surface area contributed by atoms with Gasteiger partial charge >= 0.3 is 24.1 Å². The molecule has 0 spiro atoms. The number of hydrogen-bond donors (Lipinski definition) is 2. The molecule has 1 aliphatic rings. The van der Waals surface area contributed by atoms with Crippen LogP contribution in [-0.2, 0) is 28.5 Å². The summed E-state index contributed by atoms with van der Waals surface area (Å²) in [4.78, 5) is 54.1. The maximum absolute atomic E-state index is 12.5. The van der Waals surface area contributed by atoms with Crippen molar-refractivity contribution in [2.75, 3.05) is 65.6 Å². The molecule has 56 heavy (non-hydrogen) atoms. The van der Waals surface area contributed by atoms with Gasteiger partial charge in [0.25, 0.3) is 0 Å². The third-order valence-electron chi connectivity index (χ3n) is 10.6. The lowest BCUT2D eigenvalue weighted by molar-refractivity contribution is -0.144. The highest BCUT2D eigenvalue weighted by Crippen LogP contribution is 2.14. The first-order valence-corrected chi connectivity index (χ1v) is 23.0. The average molecular weight is 797 g/mol. The lowest BCUT2D eigenvalue weighted by atomic mass is 10.1. The largest absolute Gasteiger partial charge is 0.466 e. The third kappa shape index (κ3) is 30.5. The summed E-state index contributed by atoms with van der Waals surface area (Å²) in [6.45, 7) is 15.0. The van der Waals surface area contributed by atoms with Crippen LogP contribution in [0.3, 0.4) is 0 Å². The summed E-state index contributed by atoms with van der Waals surface area (Å²) in [5.74, 6) is -0.515. The normalized spacial score (nSPS) is 14.0. The van der Waals surface area contributed by atoms with Gasteiger partial charge in [-0.1, -0.05) is 91.9 Å². The molecule has 0 aromatic heterocycles. The molecule has 1 rings (SSSR count). The molecule has 2 amide bonds. The van der Waals surface area contributed by atoms with Crippen LogP contribution in [0.4, 0.5) is 9.59 Å². The van der Waals surface area contributed by atoms with Gasteiger partial charge in [0.2, 0.25) is 0 Å². The minimum absolute atomic E-state index is 0.0430. The number of nitrogens with one attached hydrogen (secondary N) is 2. The summed E-state index contributed by atoms with van der Waals surface area (Å²) in [6.07, 6.45) is 22.9. The van der Waals surface area contributed by atoms with E-state index in [1.165, 1.54) is 77.0 Å². The predicted octanol–water partition coefficient (Wildman–Crippen LogP) is 9.32. The smallest absolute Gasteiger partial charge is 0.407 e. The van der Waals surface area contributed by atoms with Crippen molar-refractivity contribution in [1.82, 2.24) is 20.4 Å². The summed E-state index contributed by atoms with van der Waals surface area (Å²) in [6, 6.07) is 0. The maximum Gasteiger partial charge on any atom is 0.407 e. The number of carbonyl (C=O) groups excluding carboxylic acids is 4. The van der Waals surface area contributed by atoms with Crippen LogP contribution in [0, 0.1) is 0 Å². The molecule has 1 heterocycles. The average Bonchev–Trinajstić information content (AvgIpc) is 3.72. The number of amides is 2. The zero-order valence-electron chi connectivity index (χ0n) is 36.4. The summed E-state index contributed by atoms with van der Waals surface area (Å²) in [7, 11) is 0. The molecule has 0 aliphatic carbocycles. The molecule has 0 aromatic rings. The Morgan fingerprint density at radius 2 is 0.982 bits per heavy atom. The highest BCUT2D eigenvalue weighted by atomic mass is 16.6. The zero-order chi connectivity index (χ0) is 40.9. The van der Waals surface area contributed by atoms with Crippen molar-refractivity contribution in [3.05, 3.63) is 0 Å². The van der Waals surface area contributed by atoms with Crippen molar-refractivity contribution in [3.8, 4) is 0 Å². The van der Waals surface area contributed by atoms with Crippen LogP contribution in [0.15, 0.2) is 0 Å². The number of ether oxygens (including phenoxy) is 4. The van der Waals surface area contributed by atoms with E-state index in [0.29, 0.717) is 65.1 Å². The Morgan fingerprint density at radius 3 is 1.41 bits per heavy atom. The number of nitrogens with zero attached hydrogens (tertiary/aromatic N) is 2. The molecular formula is C44H84N4O8. The molecular weight excluding hydrogens is 713 g/mol. The Labute approximate surface area is 341 Å². The number of hydrogen-bond acceptors (Lipinski definition) is 10. The lowest BCUT2D eigenvalue weighted by Gasteiger charge is -2.24. The molecule has 328 valence electrons. The van der Waals surface area contributed by atoms with E-state index in [9.17, 15) is 19.2 Å². The number of carbonyl (C=O) groups is 4. The van der Waals surface area contributed by atoms with Crippen LogP contribution in [0.25, 0.3) is 0 Å². The summed E-state index contributed by atoms with van der Waals surface area (Å²) in [5.41, 5.74) is 0. The van der Waals surface area contributed by atoms with Crippen LogP contribution >= 0.6 is 0 Å². The molecule has 1 fully saturated rings. The monoisotopic (exact) mass is 797 g/mol. The minimum Gasteiger partial charge on any atom is -0.466 e. The van der Waals surface area contributed by atoms with E-state index < -0.39 is 0 Å². The van der Waals surface area contributed by atoms with Crippen LogP contribution < -0.4 is 10.6 Å². The van der Waals surface area contributed by atoms with Gasteiger partial charge < -0.3 is 39.4 Å². The Kier molecular flexibility index (Phi) is 33.7. The quantitative estimate of drug-likeness (QED) is 0.0356. The van der Waals surface area contributed by atoms with Crippen LogP contribution in [0.2, 0.25) is 0 Å².